The standard InChI is InChI=1S/C10H9NO2S/c1-7-3-4-9(14-7)5-8(6-11)10(12)13-2/h3-5H,1-2H3. The van der Waals surface area contributed by atoms with Crippen LogP contribution in [-0.4, -0.2) is 13.1 Å². The Balaban J connectivity index is 2.96. The molecule has 1 rings (SSSR count). The molecule has 0 atom stereocenters. The number of nitrogens with zero attached hydrogens (tertiary/aromatic N) is 1. The third kappa shape index (κ3) is 2.44. The zero-order valence-electron chi connectivity index (χ0n) is 7.90. The van der Waals surface area contributed by atoms with Crippen LogP contribution in [0.3, 0.4) is 0 Å². The highest BCUT2D eigenvalue weighted by molar-refractivity contribution is 7.12. The zero-order chi connectivity index (χ0) is 10.6. The largest absolute Gasteiger partial charge is 0.465 e. The molecule has 0 N–H and O–H groups in total. The number of esters is 1. The molecule has 0 unspecified atom stereocenters. The maximum absolute atomic E-state index is 11.0. The van der Waals surface area contributed by atoms with Crippen molar-refractivity contribution in [3.8, 4) is 6.07 Å². The molecule has 72 valence electrons. The first-order chi connectivity index (χ1) is 6.67. The predicted octanol–water partition coefficient (Wildman–Crippen LogP) is 2.14. The SMILES string of the molecule is COC(=O)C(C#N)=Cc1ccc(C)s1. The van der Waals surface area contributed by atoms with Crippen molar-refractivity contribution in [2.45, 2.75) is 6.92 Å². The van der Waals surface area contributed by atoms with Crippen molar-refractivity contribution in [3.05, 3.63) is 27.5 Å². The minimum atomic E-state index is -0.599. The summed E-state index contributed by atoms with van der Waals surface area (Å²) in [5.74, 6) is -0.599. The van der Waals surface area contributed by atoms with Gasteiger partial charge in [0.15, 0.2) is 0 Å². The van der Waals surface area contributed by atoms with Crippen LogP contribution in [-0.2, 0) is 9.53 Å². The molecule has 1 aromatic heterocycles. The second-order valence-electron chi connectivity index (χ2n) is 2.61. The van der Waals surface area contributed by atoms with Gasteiger partial charge < -0.3 is 4.74 Å². The summed E-state index contributed by atoms with van der Waals surface area (Å²) >= 11 is 1.52. The van der Waals surface area contributed by atoms with Gasteiger partial charge >= 0.3 is 5.97 Å². The molecule has 3 nitrogen and oxygen atoms in total. The summed E-state index contributed by atoms with van der Waals surface area (Å²) in [6.07, 6.45) is 1.53. The second kappa shape index (κ2) is 4.58. The van der Waals surface area contributed by atoms with Crippen LogP contribution in [0.15, 0.2) is 17.7 Å². The summed E-state index contributed by atoms with van der Waals surface area (Å²) in [5.41, 5.74) is 0.0225. The van der Waals surface area contributed by atoms with Crippen LogP contribution in [0, 0.1) is 18.3 Å². The first-order valence-corrected chi connectivity index (χ1v) is 4.75. The molecule has 0 aliphatic carbocycles. The van der Waals surface area contributed by atoms with Crippen LogP contribution in [0.2, 0.25) is 0 Å². The first kappa shape index (κ1) is 10.5. The van der Waals surface area contributed by atoms with Crippen LogP contribution in [0.5, 0.6) is 0 Å². The van der Waals surface area contributed by atoms with Gasteiger partial charge in [-0.25, -0.2) is 4.79 Å². The third-order valence-corrected chi connectivity index (χ3v) is 2.52. The number of aryl methyl sites for hydroxylation is 1. The smallest absolute Gasteiger partial charge is 0.348 e. The van der Waals surface area contributed by atoms with Crippen LogP contribution in [0.4, 0.5) is 0 Å². The average Bonchev–Trinajstić information content (AvgIpc) is 2.59. The van der Waals surface area contributed by atoms with Gasteiger partial charge in [0, 0.05) is 9.75 Å². The molecule has 0 aliphatic rings. The minimum absolute atomic E-state index is 0.0225. The van der Waals surface area contributed by atoms with E-state index in [1.165, 1.54) is 24.5 Å². The summed E-state index contributed by atoms with van der Waals surface area (Å²) < 4.78 is 4.46. The molecule has 0 saturated heterocycles. The molecule has 0 radical (unpaired) electrons. The molecule has 14 heavy (non-hydrogen) atoms. The van der Waals surface area contributed by atoms with Gasteiger partial charge in [-0.2, -0.15) is 5.26 Å². The lowest BCUT2D eigenvalue weighted by Crippen LogP contribution is -2.02. The lowest BCUT2D eigenvalue weighted by Gasteiger charge is -1.93. The maximum Gasteiger partial charge on any atom is 0.348 e. The average molecular weight is 207 g/mol. The molecule has 0 aromatic carbocycles. The van der Waals surface area contributed by atoms with Crippen molar-refractivity contribution in [3.63, 3.8) is 0 Å². The zero-order valence-corrected chi connectivity index (χ0v) is 8.72. The van der Waals surface area contributed by atoms with E-state index in [2.05, 4.69) is 4.74 Å². The van der Waals surface area contributed by atoms with Crippen molar-refractivity contribution < 1.29 is 9.53 Å². The van der Waals surface area contributed by atoms with E-state index < -0.39 is 5.97 Å². The quantitative estimate of drug-likeness (QED) is 0.424. The molecule has 0 aliphatic heterocycles. The Labute approximate surface area is 86.2 Å². The number of rotatable bonds is 2. The highest BCUT2D eigenvalue weighted by Gasteiger charge is 2.08. The molecule has 0 fully saturated rings. The number of hydrogen-bond donors (Lipinski definition) is 0. The number of thiophene rings is 1. The normalized spacial score (nSPS) is 10.8. The van der Waals surface area contributed by atoms with Crippen molar-refractivity contribution >= 4 is 23.4 Å². The van der Waals surface area contributed by atoms with Gasteiger partial charge in [0.25, 0.3) is 0 Å². The lowest BCUT2D eigenvalue weighted by atomic mass is 10.2. The highest BCUT2D eigenvalue weighted by Crippen LogP contribution is 2.18. The Morgan fingerprint density at radius 3 is 2.79 bits per heavy atom. The van der Waals surface area contributed by atoms with E-state index in [4.69, 9.17) is 5.26 Å². The molecule has 1 aromatic rings. The molecule has 0 spiro atoms. The Morgan fingerprint density at radius 2 is 2.36 bits per heavy atom. The van der Waals surface area contributed by atoms with Crippen molar-refractivity contribution in [1.82, 2.24) is 0 Å². The van der Waals surface area contributed by atoms with E-state index in [9.17, 15) is 4.79 Å². The van der Waals surface area contributed by atoms with Gasteiger partial charge in [0.05, 0.1) is 7.11 Å². The molecule has 0 amide bonds. The van der Waals surface area contributed by atoms with E-state index >= 15 is 0 Å². The Hall–Kier alpha value is -1.60. The number of carbonyl (C=O) groups excluding carboxylic acids is 1. The van der Waals surface area contributed by atoms with Crippen LogP contribution >= 0.6 is 11.3 Å². The van der Waals surface area contributed by atoms with Gasteiger partial charge in [-0.15, -0.1) is 11.3 Å². The molecule has 0 saturated carbocycles. The molecule has 4 heteroatoms. The van der Waals surface area contributed by atoms with E-state index in [1.807, 2.05) is 19.1 Å². The summed E-state index contributed by atoms with van der Waals surface area (Å²) in [5, 5.41) is 8.68. The van der Waals surface area contributed by atoms with E-state index in [0.29, 0.717) is 0 Å². The maximum atomic E-state index is 11.0. The highest BCUT2D eigenvalue weighted by atomic mass is 32.1. The van der Waals surface area contributed by atoms with E-state index in [-0.39, 0.29) is 5.57 Å². The van der Waals surface area contributed by atoms with Crippen LogP contribution < -0.4 is 0 Å². The third-order valence-electron chi connectivity index (χ3n) is 1.57. The van der Waals surface area contributed by atoms with Gasteiger partial charge in [0.1, 0.15) is 11.6 Å². The summed E-state index contributed by atoms with van der Waals surface area (Å²) in [4.78, 5) is 13.1. The summed E-state index contributed by atoms with van der Waals surface area (Å²) in [6, 6.07) is 5.60. The fourth-order valence-corrected chi connectivity index (χ4v) is 1.74. The Kier molecular flexibility index (Phi) is 3.43. The number of carbonyl (C=O) groups is 1. The molecule has 1 heterocycles. The number of nitriles is 1. The number of methoxy groups -OCH3 is 1. The first-order valence-electron chi connectivity index (χ1n) is 3.94. The molecular formula is C10H9NO2S. The molecule has 0 bridgehead atoms. The fraction of sp³-hybridized carbons (Fsp3) is 0.200. The summed E-state index contributed by atoms with van der Waals surface area (Å²) in [6.45, 7) is 1.96. The number of hydrogen-bond acceptors (Lipinski definition) is 4. The second-order valence-corrected chi connectivity index (χ2v) is 3.93. The van der Waals surface area contributed by atoms with E-state index in [0.717, 1.165) is 9.75 Å². The number of ether oxygens (including phenoxy) is 1. The van der Waals surface area contributed by atoms with Crippen LogP contribution in [0.25, 0.3) is 6.08 Å². The molecular weight excluding hydrogens is 198 g/mol. The lowest BCUT2D eigenvalue weighted by molar-refractivity contribution is -0.135. The predicted molar refractivity (Wildman–Crippen MR) is 54.7 cm³/mol. The summed E-state index contributed by atoms with van der Waals surface area (Å²) in [7, 11) is 1.26. The van der Waals surface area contributed by atoms with Gasteiger partial charge in [-0.1, -0.05) is 0 Å². The van der Waals surface area contributed by atoms with Crippen molar-refractivity contribution in [2.75, 3.05) is 7.11 Å². The van der Waals surface area contributed by atoms with E-state index in [1.54, 1.807) is 6.07 Å². The van der Waals surface area contributed by atoms with Gasteiger partial charge in [-0.05, 0) is 25.1 Å². The monoisotopic (exact) mass is 207 g/mol. The Bertz CT molecular complexity index is 412. The minimum Gasteiger partial charge on any atom is -0.465 e. The van der Waals surface area contributed by atoms with Crippen molar-refractivity contribution in [2.24, 2.45) is 0 Å². The van der Waals surface area contributed by atoms with Gasteiger partial charge in [0.2, 0.25) is 0 Å². The van der Waals surface area contributed by atoms with Crippen LogP contribution in [0.1, 0.15) is 9.75 Å². The van der Waals surface area contributed by atoms with Crippen molar-refractivity contribution in [1.29, 1.82) is 5.26 Å². The van der Waals surface area contributed by atoms with Gasteiger partial charge in [-0.3, -0.25) is 0 Å². The fourth-order valence-electron chi connectivity index (χ4n) is 0.920. The Morgan fingerprint density at radius 1 is 1.64 bits per heavy atom. The topological polar surface area (TPSA) is 50.1 Å².